The number of pyridine rings is 1. The topological polar surface area (TPSA) is 109 Å². The molecule has 2 N–H and O–H groups in total. The summed E-state index contributed by atoms with van der Waals surface area (Å²) in [6, 6.07) is 8.91. The molecule has 0 bridgehead atoms. The van der Waals surface area contributed by atoms with E-state index in [0.29, 0.717) is 16.3 Å². The molecule has 184 valence electrons. The Kier molecular flexibility index (Phi) is 8.53. The predicted molar refractivity (Wildman–Crippen MR) is 125 cm³/mol. The summed E-state index contributed by atoms with van der Waals surface area (Å²) in [5.74, 6) is -2.55. The number of rotatable bonds is 9. The molecule has 3 rings (SSSR count). The molecule has 0 saturated heterocycles. The lowest BCUT2D eigenvalue weighted by Gasteiger charge is -2.27. The Morgan fingerprint density at radius 3 is 2.69 bits per heavy atom. The summed E-state index contributed by atoms with van der Waals surface area (Å²) in [5.41, 5.74) is 0.446. The highest BCUT2D eigenvalue weighted by atomic mass is 35.5. The van der Waals surface area contributed by atoms with Gasteiger partial charge < -0.3 is 14.7 Å². The fourth-order valence-corrected chi connectivity index (χ4v) is 3.59. The minimum Gasteiger partial charge on any atom is -0.481 e. The Balaban J connectivity index is 1.59. The van der Waals surface area contributed by atoms with Crippen LogP contribution in [-0.4, -0.2) is 52.7 Å². The van der Waals surface area contributed by atoms with Crippen molar-refractivity contribution in [2.45, 2.75) is 25.3 Å². The second-order valence-electron chi connectivity index (χ2n) is 7.75. The molecule has 0 spiro atoms. The fraction of sp³-hybridized carbons (Fsp3) is 0.250. The average molecular weight is 506 g/mol. The van der Waals surface area contributed by atoms with Gasteiger partial charge in [0.15, 0.2) is 0 Å². The van der Waals surface area contributed by atoms with Crippen LogP contribution in [0, 0.1) is 11.6 Å². The van der Waals surface area contributed by atoms with E-state index in [2.05, 4.69) is 10.3 Å². The van der Waals surface area contributed by atoms with Crippen LogP contribution in [0.3, 0.4) is 0 Å². The Morgan fingerprint density at radius 1 is 1.17 bits per heavy atom. The zero-order valence-corrected chi connectivity index (χ0v) is 19.4. The third-order valence-electron chi connectivity index (χ3n) is 5.31. The number of ether oxygens (including phenoxy) is 1. The summed E-state index contributed by atoms with van der Waals surface area (Å²) < 4.78 is 32.2. The lowest BCUT2D eigenvalue weighted by molar-refractivity contribution is -0.141. The van der Waals surface area contributed by atoms with Crippen molar-refractivity contribution in [3.63, 3.8) is 0 Å². The molecule has 3 aromatic rings. The zero-order chi connectivity index (χ0) is 25.5. The molecule has 8 nitrogen and oxygen atoms in total. The molecule has 11 heteroatoms. The van der Waals surface area contributed by atoms with Crippen LogP contribution in [0.5, 0.6) is 0 Å². The molecule has 0 aliphatic heterocycles. The quantitative estimate of drug-likeness (QED) is 0.438. The number of carboxylic acid groups (broad SMARTS) is 1. The number of aliphatic carboxylic acids is 1. The van der Waals surface area contributed by atoms with Crippen molar-refractivity contribution in [3.8, 4) is 0 Å². The van der Waals surface area contributed by atoms with Gasteiger partial charge in [0.05, 0.1) is 17.5 Å². The van der Waals surface area contributed by atoms with E-state index in [9.17, 15) is 28.3 Å². The number of nitrogens with one attached hydrogen (secondary N) is 1. The number of hydrogen-bond acceptors (Lipinski definition) is 5. The summed E-state index contributed by atoms with van der Waals surface area (Å²) in [4.78, 5) is 41.4. The van der Waals surface area contributed by atoms with Crippen LogP contribution >= 0.6 is 11.6 Å². The van der Waals surface area contributed by atoms with E-state index in [1.807, 2.05) is 0 Å². The third-order valence-corrected chi connectivity index (χ3v) is 5.74. The summed E-state index contributed by atoms with van der Waals surface area (Å²) >= 11 is 5.91. The van der Waals surface area contributed by atoms with Gasteiger partial charge >= 0.3 is 12.1 Å². The van der Waals surface area contributed by atoms with Gasteiger partial charge in [-0.1, -0.05) is 23.7 Å². The molecular formula is C24H22ClF2N3O5. The monoisotopic (exact) mass is 505 g/mol. The first-order valence-electron chi connectivity index (χ1n) is 10.5. The average Bonchev–Trinajstić information content (AvgIpc) is 2.81. The standard InChI is InChI=1S/C24H22ClF2N3O5/c1-30(21(31)8-6-14-3-2-4-19(27)23(14)25)18(11-22(32)33)13-35-24(34)29-20-10-16-9-17(26)7-5-15(16)12-28-20/h2-5,7,9-10,12,18H,6,8,11,13H2,1H3,(H,32,33)(H,28,29,34)/t18-/m0/s1. The van der Waals surface area contributed by atoms with Crippen LogP contribution in [0.25, 0.3) is 10.8 Å². The van der Waals surface area contributed by atoms with Gasteiger partial charge in [-0.15, -0.1) is 0 Å². The normalized spacial score (nSPS) is 11.7. The number of hydrogen-bond donors (Lipinski definition) is 2. The number of anilines is 1. The number of aromatic nitrogens is 1. The van der Waals surface area contributed by atoms with Crippen molar-refractivity contribution < 1.29 is 33.0 Å². The van der Waals surface area contributed by atoms with Crippen molar-refractivity contribution in [3.05, 3.63) is 70.9 Å². The number of halogens is 3. The van der Waals surface area contributed by atoms with Crippen LogP contribution in [-0.2, 0) is 20.7 Å². The molecule has 0 unspecified atom stereocenters. The van der Waals surface area contributed by atoms with E-state index in [1.54, 1.807) is 12.1 Å². The number of nitrogens with zero attached hydrogens (tertiary/aromatic N) is 2. The lowest BCUT2D eigenvalue weighted by atomic mass is 10.1. The van der Waals surface area contributed by atoms with Gasteiger partial charge in [-0.2, -0.15) is 0 Å². The third kappa shape index (κ3) is 7.10. The maximum atomic E-state index is 13.6. The highest BCUT2D eigenvalue weighted by molar-refractivity contribution is 6.31. The molecule has 0 aliphatic rings. The van der Waals surface area contributed by atoms with Gasteiger partial charge in [0.1, 0.15) is 24.1 Å². The summed E-state index contributed by atoms with van der Waals surface area (Å²) in [6.45, 7) is -0.399. The smallest absolute Gasteiger partial charge is 0.412 e. The van der Waals surface area contributed by atoms with Crippen molar-refractivity contribution in [2.24, 2.45) is 0 Å². The largest absolute Gasteiger partial charge is 0.481 e. The van der Waals surface area contributed by atoms with Crippen LogP contribution in [0.15, 0.2) is 48.7 Å². The lowest BCUT2D eigenvalue weighted by Crippen LogP contribution is -2.42. The molecule has 0 radical (unpaired) electrons. The van der Waals surface area contributed by atoms with Gasteiger partial charge in [0.25, 0.3) is 0 Å². The minimum absolute atomic E-state index is 0.0560. The second kappa shape index (κ2) is 11.6. The van der Waals surface area contributed by atoms with Crippen molar-refractivity contribution in [1.29, 1.82) is 0 Å². The number of carboxylic acids is 1. The van der Waals surface area contributed by atoms with Crippen LogP contribution in [0.2, 0.25) is 5.02 Å². The maximum Gasteiger partial charge on any atom is 0.412 e. The number of carbonyl (C=O) groups is 3. The number of likely N-dealkylation sites (N-methyl/N-ethyl adjacent to an activating group) is 1. The first-order chi connectivity index (χ1) is 16.6. The Labute approximate surface area is 204 Å². The molecule has 1 atom stereocenters. The first-order valence-corrected chi connectivity index (χ1v) is 10.9. The second-order valence-corrected chi connectivity index (χ2v) is 8.13. The summed E-state index contributed by atoms with van der Waals surface area (Å²) in [6.07, 6.45) is 0.156. The Morgan fingerprint density at radius 2 is 1.94 bits per heavy atom. The van der Waals surface area contributed by atoms with E-state index in [-0.39, 0.29) is 23.7 Å². The number of aryl methyl sites for hydroxylation is 1. The molecule has 0 fully saturated rings. The molecule has 35 heavy (non-hydrogen) atoms. The zero-order valence-electron chi connectivity index (χ0n) is 18.6. The molecular weight excluding hydrogens is 484 g/mol. The highest BCUT2D eigenvalue weighted by Crippen LogP contribution is 2.22. The van der Waals surface area contributed by atoms with E-state index in [0.717, 1.165) is 0 Å². The van der Waals surface area contributed by atoms with Gasteiger partial charge in [0.2, 0.25) is 5.91 Å². The van der Waals surface area contributed by atoms with Crippen molar-refractivity contribution in [2.75, 3.05) is 19.0 Å². The van der Waals surface area contributed by atoms with Crippen LogP contribution < -0.4 is 5.32 Å². The Hall–Kier alpha value is -3.79. The van der Waals surface area contributed by atoms with Gasteiger partial charge in [-0.3, -0.25) is 14.9 Å². The van der Waals surface area contributed by atoms with E-state index in [1.165, 1.54) is 48.5 Å². The van der Waals surface area contributed by atoms with E-state index >= 15 is 0 Å². The van der Waals surface area contributed by atoms with Crippen LogP contribution in [0.1, 0.15) is 18.4 Å². The van der Waals surface area contributed by atoms with E-state index < -0.39 is 48.7 Å². The molecule has 1 aromatic heterocycles. The Bertz CT molecular complexity index is 1260. The molecule has 0 saturated carbocycles. The summed E-state index contributed by atoms with van der Waals surface area (Å²) in [5, 5.41) is 12.7. The number of carbonyl (C=O) groups excluding carboxylic acids is 2. The van der Waals surface area contributed by atoms with Gasteiger partial charge in [0, 0.05) is 25.1 Å². The van der Waals surface area contributed by atoms with E-state index in [4.69, 9.17) is 16.3 Å². The number of amides is 2. The highest BCUT2D eigenvalue weighted by Gasteiger charge is 2.24. The fourth-order valence-electron chi connectivity index (χ4n) is 3.37. The summed E-state index contributed by atoms with van der Waals surface area (Å²) in [7, 11) is 1.39. The molecule has 2 aromatic carbocycles. The number of fused-ring (bicyclic) bond motifs is 1. The number of benzene rings is 2. The van der Waals surface area contributed by atoms with Gasteiger partial charge in [-0.25, -0.2) is 18.6 Å². The van der Waals surface area contributed by atoms with Crippen molar-refractivity contribution >= 4 is 46.2 Å². The van der Waals surface area contributed by atoms with Crippen molar-refractivity contribution in [1.82, 2.24) is 9.88 Å². The first kappa shape index (κ1) is 25.8. The maximum absolute atomic E-state index is 13.6. The SMILES string of the molecule is CN(C(=O)CCc1cccc(F)c1Cl)[C@H](COC(=O)Nc1cc2cc(F)ccc2cn1)CC(=O)O. The minimum atomic E-state index is -1.19. The molecule has 2 amide bonds. The molecule has 1 heterocycles. The van der Waals surface area contributed by atoms with Gasteiger partial charge in [-0.05, 0) is 47.7 Å². The predicted octanol–water partition coefficient (Wildman–Crippen LogP) is 4.65. The molecule has 0 aliphatic carbocycles. The van der Waals surface area contributed by atoms with Crippen LogP contribution in [0.4, 0.5) is 19.4 Å².